The van der Waals surface area contributed by atoms with Gasteiger partial charge in [0.15, 0.2) is 0 Å². The molecule has 0 aromatic rings. The van der Waals surface area contributed by atoms with Crippen molar-refractivity contribution in [2.45, 2.75) is 112 Å². The van der Waals surface area contributed by atoms with Crippen LogP contribution in [0.5, 0.6) is 0 Å². The van der Waals surface area contributed by atoms with Gasteiger partial charge in [-0.3, -0.25) is 0 Å². The van der Waals surface area contributed by atoms with Gasteiger partial charge < -0.3 is 0 Å². The molecule has 0 amide bonds. The van der Waals surface area contributed by atoms with E-state index in [4.69, 9.17) is 3.07 Å². The molecule has 0 radical (unpaired) electrons. The minimum absolute atomic E-state index is 1.07. The van der Waals surface area contributed by atoms with Crippen molar-refractivity contribution in [3.8, 4) is 0 Å². The fourth-order valence-electron chi connectivity index (χ4n) is 3.37. The van der Waals surface area contributed by atoms with Gasteiger partial charge in [-0.2, -0.15) is 0 Å². The predicted molar refractivity (Wildman–Crippen MR) is 99.6 cm³/mol. The van der Waals surface area contributed by atoms with Crippen LogP contribution in [0.3, 0.4) is 0 Å². The number of hydrogen-bond donors (Lipinski definition) is 0. The second-order valence-electron chi connectivity index (χ2n) is 6.76. The molecule has 0 aliphatic heterocycles. The van der Waals surface area contributed by atoms with Gasteiger partial charge >= 0.3 is 140 Å². The Morgan fingerprint density at radius 1 is 0.524 bits per heavy atom. The van der Waals surface area contributed by atoms with Gasteiger partial charge in [0.2, 0.25) is 0 Å². The molecule has 2 heteroatoms. The predicted octanol–water partition coefficient (Wildman–Crippen LogP) is 7.32. The Balaban J connectivity index is 4.14. The summed E-state index contributed by atoms with van der Waals surface area (Å²) in [6.45, 7) is 10.4. The van der Waals surface area contributed by atoms with Crippen molar-refractivity contribution in [1.82, 2.24) is 0 Å². The van der Waals surface area contributed by atoms with E-state index in [-0.39, 0.29) is 0 Å². The second kappa shape index (κ2) is 15.6. The van der Waals surface area contributed by atoms with Gasteiger partial charge in [-0.1, -0.05) is 0 Å². The van der Waals surface area contributed by atoms with Gasteiger partial charge in [-0.25, -0.2) is 0 Å². The van der Waals surface area contributed by atoms with Crippen LogP contribution in [0.25, 0.3) is 0 Å². The van der Waals surface area contributed by atoms with Crippen LogP contribution in [0.4, 0.5) is 0 Å². The first-order valence-corrected chi connectivity index (χ1v) is 17.1. The van der Waals surface area contributed by atoms with Crippen molar-refractivity contribution in [2.24, 2.45) is 0 Å². The molecular weight excluding hydrogens is 363 g/mol. The Kier molecular flexibility index (Phi) is 16.2. The average Bonchev–Trinajstić information content (AvgIpc) is 2.48. The zero-order valence-corrected chi connectivity index (χ0v) is 18.4. The monoisotopic (exact) mass is 406 g/mol. The molecule has 0 aliphatic rings. The van der Waals surface area contributed by atoms with Gasteiger partial charge in [0, 0.05) is 0 Å². The van der Waals surface area contributed by atoms with Crippen LogP contribution in [-0.2, 0) is 3.07 Å². The molecule has 0 bridgehead atoms. The Hall–Kier alpha value is 0.759. The van der Waals surface area contributed by atoms with E-state index >= 15 is 0 Å². The van der Waals surface area contributed by atoms with Gasteiger partial charge in [0.25, 0.3) is 0 Å². The number of unbranched alkanes of at least 4 members (excludes halogenated alkanes) is 7. The first-order chi connectivity index (χ1) is 10.2. The van der Waals surface area contributed by atoms with E-state index < -0.39 is 18.8 Å². The van der Waals surface area contributed by atoms with Gasteiger partial charge in [-0.05, 0) is 0 Å². The van der Waals surface area contributed by atoms with Crippen LogP contribution in [0.1, 0.15) is 98.3 Å². The maximum absolute atomic E-state index is 6.65. The quantitative estimate of drug-likeness (QED) is 0.193. The van der Waals surface area contributed by atoms with E-state index in [1.54, 1.807) is 0 Å². The summed E-state index contributed by atoms with van der Waals surface area (Å²) in [7, 11) is 0. The molecule has 0 aromatic heterocycles. The summed E-state index contributed by atoms with van der Waals surface area (Å²) >= 11 is -2.24. The van der Waals surface area contributed by atoms with Crippen LogP contribution in [0, 0.1) is 0 Å². The Labute approximate surface area is 140 Å². The molecule has 0 rings (SSSR count). The van der Waals surface area contributed by atoms with Crippen molar-refractivity contribution in [1.29, 1.82) is 0 Å². The van der Waals surface area contributed by atoms with Crippen LogP contribution >= 0.6 is 0 Å². The molecule has 0 N–H and O–H groups in total. The first kappa shape index (κ1) is 21.8. The second-order valence-corrected chi connectivity index (χ2v) is 18.6. The van der Waals surface area contributed by atoms with Gasteiger partial charge in [0.1, 0.15) is 0 Å². The summed E-state index contributed by atoms with van der Waals surface area (Å²) < 4.78 is 11.1. The fraction of sp³-hybridized carbons (Fsp3) is 1.00. The van der Waals surface area contributed by atoms with Gasteiger partial charge in [-0.15, -0.1) is 0 Å². The van der Waals surface area contributed by atoms with Crippen LogP contribution in [0.15, 0.2) is 0 Å². The summed E-state index contributed by atoms with van der Waals surface area (Å²) in [6.07, 6.45) is 15.2. The fourth-order valence-corrected chi connectivity index (χ4v) is 16.1. The van der Waals surface area contributed by atoms with E-state index in [1.807, 2.05) is 0 Å². The topological polar surface area (TPSA) is 9.23 Å². The van der Waals surface area contributed by atoms with Crippen LogP contribution in [-0.4, -0.2) is 25.4 Å². The standard InChI is InChI=1S/C8H17.C5H11O.2C3H7.Sn/c1-3-5-7-8-6-4-2;1-2-3-4-5-6;2*1-3-2;/h1,3-8H2,2H3;2-5H2,1H3;2*1,3H2,2H3;/q;-1;;;+1. The Bertz CT molecular complexity index is 200. The van der Waals surface area contributed by atoms with Crippen LogP contribution < -0.4 is 0 Å². The van der Waals surface area contributed by atoms with Gasteiger partial charge in [0.05, 0.1) is 0 Å². The average molecular weight is 405 g/mol. The normalized spacial score (nSPS) is 12.0. The third-order valence-corrected chi connectivity index (χ3v) is 18.5. The molecule has 0 atom stereocenters. The molecular formula is C19H42OSn. The zero-order chi connectivity index (χ0) is 15.8. The van der Waals surface area contributed by atoms with Crippen LogP contribution in [0.2, 0.25) is 13.3 Å². The van der Waals surface area contributed by atoms with Crippen molar-refractivity contribution >= 4 is 18.8 Å². The molecule has 128 valence electrons. The van der Waals surface area contributed by atoms with Crippen molar-refractivity contribution in [2.75, 3.05) is 6.61 Å². The number of rotatable bonds is 16. The maximum atomic E-state index is 6.65. The molecule has 0 saturated heterocycles. The van der Waals surface area contributed by atoms with E-state index in [9.17, 15) is 0 Å². The molecule has 1 nitrogen and oxygen atoms in total. The SMILES string of the molecule is CCCCCCC[CH2][Sn]([CH2]CC)([CH2]CC)[O]CCCCC. The summed E-state index contributed by atoms with van der Waals surface area (Å²) in [5.41, 5.74) is 0. The molecule has 21 heavy (non-hydrogen) atoms. The third-order valence-electron chi connectivity index (χ3n) is 4.55. The summed E-state index contributed by atoms with van der Waals surface area (Å²) in [5, 5.41) is 0. The number of hydrogen-bond acceptors (Lipinski definition) is 1. The van der Waals surface area contributed by atoms with Crippen molar-refractivity contribution in [3.63, 3.8) is 0 Å². The van der Waals surface area contributed by atoms with E-state index in [2.05, 4.69) is 27.7 Å². The first-order valence-electron chi connectivity index (χ1n) is 9.88. The Morgan fingerprint density at radius 3 is 1.62 bits per heavy atom. The Morgan fingerprint density at radius 2 is 1.05 bits per heavy atom. The molecule has 0 heterocycles. The van der Waals surface area contributed by atoms with E-state index in [0.29, 0.717) is 0 Å². The van der Waals surface area contributed by atoms with E-state index in [0.717, 1.165) is 6.61 Å². The van der Waals surface area contributed by atoms with Crippen molar-refractivity contribution in [3.05, 3.63) is 0 Å². The molecule has 0 spiro atoms. The summed E-state index contributed by atoms with van der Waals surface area (Å²) in [4.78, 5) is 0. The minimum atomic E-state index is -2.24. The molecule has 0 aromatic carbocycles. The molecule has 0 aliphatic carbocycles. The summed E-state index contributed by atoms with van der Waals surface area (Å²) in [6, 6.07) is 0. The summed E-state index contributed by atoms with van der Waals surface area (Å²) in [5.74, 6) is 0. The zero-order valence-electron chi connectivity index (χ0n) is 15.5. The third kappa shape index (κ3) is 11.9. The molecule has 0 saturated carbocycles. The van der Waals surface area contributed by atoms with Crippen molar-refractivity contribution < 1.29 is 3.07 Å². The van der Waals surface area contributed by atoms with E-state index in [1.165, 1.54) is 83.9 Å². The molecule has 0 unspecified atom stereocenters. The molecule has 0 fully saturated rings.